The molecule has 0 fully saturated rings. The Morgan fingerprint density at radius 3 is 2.56 bits per heavy atom. The fourth-order valence-electron chi connectivity index (χ4n) is 1.53. The molecule has 96 valence electrons. The van der Waals surface area contributed by atoms with Gasteiger partial charge >= 0.3 is 0 Å². The fourth-order valence-corrected chi connectivity index (χ4v) is 2.12. The number of hydrogen-bond acceptors (Lipinski definition) is 3. The van der Waals surface area contributed by atoms with Gasteiger partial charge in [0.2, 0.25) is 5.89 Å². The van der Waals surface area contributed by atoms with Gasteiger partial charge in [0.15, 0.2) is 5.76 Å². The van der Waals surface area contributed by atoms with Crippen molar-refractivity contribution in [2.75, 3.05) is 0 Å². The standard InChI is InChI=1S/C13H14Cl2N2O/c1-8(2)16-7-12-17-6-11(18-12)13-9(14)4-3-5-10(13)15/h3-6,8,16H,7H2,1-2H3. The van der Waals surface area contributed by atoms with Crippen LogP contribution in [0.2, 0.25) is 10.0 Å². The summed E-state index contributed by atoms with van der Waals surface area (Å²) < 4.78 is 5.64. The highest BCUT2D eigenvalue weighted by Gasteiger charge is 2.13. The van der Waals surface area contributed by atoms with Gasteiger partial charge in [0, 0.05) is 6.04 Å². The van der Waals surface area contributed by atoms with Crippen molar-refractivity contribution in [3.63, 3.8) is 0 Å². The van der Waals surface area contributed by atoms with Crippen LogP contribution in [0.5, 0.6) is 0 Å². The highest BCUT2D eigenvalue weighted by Crippen LogP contribution is 2.34. The smallest absolute Gasteiger partial charge is 0.208 e. The van der Waals surface area contributed by atoms with E-state index in [9.17, 15) is 0 Å². The third kappa shape index (κ3) is 3.05. The van der Waals surface area contributed by atoms with E-state index in [1.165, 1.54) is 0 Å². The van der Waals surface area contributed by atoms with Crippen LogP contribution >= 0.6 is 23.2 Å². The molecule has 0 aliphatic heterocycles. The molecule has 0 aliphatic carbocycles. The number of benzene rings is 1. The molecule has 0 atom stereocenters. The summed E-state index contributed by atoms with van der Waals surface area (Å²) in [4.78, 5) is 4.20. The Morgan fingerprint density at radius 2 is 1.94 bits per heavy atom. The van der Waals surface area contributed by atoms with Crippen LogP contribution in [0.4, 0.5) is 0 Å². The van der Waals surface area contributed by atoms with Gasteiger partial charge < -0.3 is 9.73 Å². The second kappa shape index (κ2) is 5.74. The van der Waals surface area contributed by atoms with Crippen molar-refractivity contribution in [3.05, 3.63) is 40.3 Å². The maximum Gasteiger partial charge on any atom is 0.208 e. The van der Waals surface area contributed by atoms with Gasteiger partial charge in [0.1, 0.15) is 0 Å². The summed E-state index contributed by atoms with van der Waals surface area (Å²) in [5, 5.41) is 4.35. The number of aromatic nitrogens is 1. The summed E-state index contributed by atoms with van der Waals surface area (Å²) in [6.45, 7) is 4.71. The Bertz CT molecular complexity index is 517. The lowest BCUT2D eigenvalue weighted by Crippen LogP contribution is -2.21. The normalized spacial score (nSPS) is 11.2. The second-order valence-electron chi connectivity index (χ2n) is 4.25. The fraction of sp³-hybridized carbons (Fsp3) is 0.308. The van der Waals surface area contributed by atoms with Gasteiger partial charge in [-0.1, -0.05) is 43.1 Å². The maximum atomic E-state index is 6.11. The lowest BCUT2D eigenvalue weighted by atomic mass is 10.2. The van der Waals surface area contributed by atoms with Gasteiger partial charge in [-0.2, -0.15) is 0 Å². The zero-order valence-corrected chi connectivity index (χ0v) is 11.7. The summed E-state index contributed by atoms with van der Waals surface area (Å²) in [5.41, 5.74) is 0.684. The van der Waals surface area contributed by atoms with Gasteiger partial charge in [0.05, 0.1) is 28.4 Å². The van der Waals surface area contributed by atoms with E-state index < -0.39 is 0 Å². The van der Waals surface area contributed by atoms with Crippen molar-refractivity contribution in [2.45, 2.75) is 26.4 Å². The number of hydrogen-bond donors (Lipinski definition) is 1. The van der Waals surface area contributed by atoms with E-state index in [-0.39, 0.29) is 0 Å². The lowest BCUT2D eigenvalue weighted by molar-refractivity contribution is 0.459. The highest BCUT2D eigenvalue weighted by atomic mass is 35.5. The van der Waals surface area contributed by atoms with Crippen LogP contribution in [0.3, 0.4) is 0 Å². The van der Waals surface area contributed by atoms with E-state index in [4.69, 9.17) is 27.6 Å². The Morgan fingerprint density at radius 1 is 1.28 bits per heavy atom. The molecule has 2 aromatic rings. The van der Waals surface area contributed by atoms with Gasteiger partial charge in [-0.3, -0.25) is 0 Å². The van der Waals surface area contributed by atoms with Crippen molar-refractivity contribution in [3.8, 4) is 11.3 Å². The first-order valence-corrected chi connectivity index (χ1v) is 6.46. The Hall–Kier alpha value is -1.03. The Balaban J connectivity index is 2.24. The summed E-state index contributed by atoms with van der Waals surface area (Å²) in [6.07, 6.45) is 1.64. The molecule has 0 saturated carbocycles. The number of nitrogens with zero attached hydrogens (tertiary/aromatic N) is 1. The predicted molar refractivity (Wildman–Crippen MR) is 73.9 cm³/mol. The molecule has 0 unspecified atom stereocenters. The molecule has 0 bridgehead atoms. The molecular formula is C13H14Cl2N2O. The Kier molecular flexibility index (Phi) is 4.27. The monoisotopic (exact) mass is 284 g/mol. The third-order valence-corrected chi connectivity index (χ3v) is 3.05. The van der Waals surface area contributed by atoms with Crippen molar-refractivity contribution in [1.29, 1.82) is 0 Å². The molecule has 0 amide bonds. The molecule has 5 heteroatoms. The average Bonchev–Trinajstić information content (AvgIpc) is 2.75. The molecule has 3 nitrogen and oxygen atoms in total. The summed E-state index contributed by atoms with van der Waals surface area (Å²) >= 11 is 12.2. The van der Waals surface area contributed by atoms with Gasteiger partial charge in [-0.25, -0.2) is 4.98 Å². The van der Waals surface area contributed by atoms with Gasteiger partial charge in [0.25, 0.3) is 0 Å². The quantitative estimate of drug-likeness (QED) is 0.917. The number of oxazole rings is 1. The van der Waals surface area contributed by atoms with Crippen molar-refractivity contribution in [2.24, 2.45) is 0 Å². The van der Waals surface area contributed by atoms with E-state index in [0.29, 0.717) is 39.8 Å². The van der Waals surface area contributed by atoms with Crippen LogP contribution < -0.4 is 5.32 Å². The predicted octanol–water partition coefficient (Wildman–Crippen LogP) is 4.15. The lowest BCUT2D eigenvalue weighted by Gasteiger charge is -2.05. The highest BCUT2D eigenvalue weighted by molar-refractivity contribution is 6.39. The number of rotatable bonds is 4. The maximum absolute atomic E-state index is 6.11. The molecule has 1 aromatic heterocycles. The zero-order valence-electron chi connectivity index (χ0n) is 10.2. The van der Waals surface area contributed by atoms with Crippen molar-refractivity contribution >= 4 is 23.2 Å². The average molecular weight is 285 g/mol. The molecule has 0 aliphatic rings. The van der Waals surface area contributed by atoms with Crippen LogP contribution in [-0.2, 0) is 6.54 Å². The molecule has 2 rings (SSSR count). The minimum atomic E-state index is 0.379. The number of halogens is 2. The first-order chi connectivity index (χ1) is 8.58. The van der Waals surface area contributed by atoms with E-state index in [0.717, 1.165) is 0 Å². The number of nitrogens with one attached hydrogen (secondary N) is 1. The molecule has 0 spiro atoms. The van der Waals surface area contributed by atoms with Crippen LogP contribution in [-0.4, -0.2) is 11.0 Å². The Labute approximate surface area is 116 Å². The molecular weight excluding hydrogens is 271 g/mol. The zero-order chi connectivity index (χ0) is 13.1. The first kappa shape index (κ1) is 13.4. The van der Waals surface area contributed by atoms with E-state index >= 15 is 0 Å². The topological polar surface area (TPSA) is 38.1 Å². The van der Waals surface area contributed by atoms with Crippen LogP contribution in [0, 0.1) is 0 Å². The minimum Gasteiger partial charge on any atom is -0.439 e. The summed E-state index contributed by atoms with van der Waals surface area (Å²) in [5.74, 6) is 1.21. The summed E-state index contributed by atoms with van der Waals surface area (Å²) in [7, 11) is 0. The van der Waals surface area contributed by atoms with Crippen molar-refractivity contribution in [1.82, 2.24) is 10.3 Å². The largest absolute Gasteiger partial charge is 0.439 e. The molecule has 1 aromatic carbocycles. The SMILES string of the molecule is CC(C)NCc1ncc(-c2c(Cl)cccc2Cl)o1. The minimum absolute atomic E-state index is 0.379. The van der Waals surface area contributed by atoms with Crippen LogP contribution in [0.1, 0.15) is 19.7 Å². The van der Waals surface area contributed by atoms with E-state index in [1.54, 1.807) is 24.4 Å². The van der Waals surface area contributed by atoms with Gasteiger partial charge in [-0.05, 0) is 12.1 Å². The first-order valence-electron chi connectivity index (χ1n) is 5.70. The van der Waals surface area contributed by atoms with Crippen molar-refractivity contribution < 1.29 is 4.42 Å². The molecule has 0 radical (unpaired) electrons. The van der Waals surface area contributed by atoms with E-state index in [1.807, 2.05) is 0 Å². The van der Waals surface area contributed by atoms with Gasteiger partial charge in [-0.15, -0.1) is 0 Å². The van der Waals surface area contributed by atoms with Crippen LogP contribution in [0.15, 0.2) is 28.8 Å². The molecule has 1 N–H and O–H groups in total. The molecule has 18 heavy (non-hydrogen) atoms. The summed E-state index contributed by atoms with van der Waals surface area (Å²) in [6, 6.07) is 5.73. The second-order valence-corrected chi connectivity index (χ2v) is 5.06. The van der Waals surface area contributed by atoms with E-state index in [2.05, 4.69) is 24.1 Å². The molecule has 1 heterocycles. The van der Waals surface area contributed by atoms with Crippen LogP contribution in [0.25, 0.3) is 11.3 Å². The molecule has 0 saturated heterocycles. The third-order valence-electron chi connectivity index (χ3n) is 2.42.